The van der Waals surface area contributed by atoms with Gasteiger partial charge in [0.2, 0.25) is 0 Å². The van der Waals surface area contributed by atoms with E-state index in [4.69, 9.17) is 10.4 Å². The van der Waals surface area contributed by atoms with Crippen LogP contribution in [0, 0.1) is 24.2 Å². The van der Waals surface area contributed by atoms with Gasteiger partial charge >= 0.3 is 0 Å². The Balaban J connectivity index is 2.80. The van der Waals surface area contributed by atoms with Gasteiger partial charge in [-0.05, 0) is 19.9 Å². The van der Waals surface area contributed by atoms with E-state index < -0.39 is 0 Å². The fourth-order valence-electron chi connectivity index (χ4n) is 1.44. The molecule has 1 unspecified atom stereocenters. The molecule has 1 aromatic rings. The second-order valence-electron chi connectivity index (χ2n) is 3.31. The number of aliphatic hydroxyl groups is 1. The van der Waals surface area contributed by atoms with Crippen molar-refractivity contribution in [3.05, 3.63) is 17.5 Å². The summed E-state index contributed by atoms with van der Waals surface area (Å²) in [6.07, 6.45) is 0.571. The lowest BCUT2D eigenvalue weighted by Gasteiger charge is -2.06. The van der Waals surface area contributed by atoms with Crippen LogP contribution in [0.5, 0.6) is 0 Å². The molecule has 1 N–H and O–H groups in total. The van der Waals surface area contributed by atoms with Gasteiger partial charge in [-0.25, -0.2) is 0 Å². The number of nitriles is 1. The number of nitrogens with zero attached hydrogens (tertiary/aromatic N) is 3. The minimum absolute atomic E-state index is 0.0928. The van der Waals surface area contributed by atoms with Crippen LogP contribution in [0.2, 0.25) is 0 Å². The summed E-state index contributed by atoms with van der Waals surface area (Å²) in [5, 5.41) is 21.9. The lowest BCUT2D eigenvalue weighted by atomic mass is 10.1. The maximum atomic E-state index is 8.91. The molecular formula is C10H15N3O. The average molecular weight is 193 g/mol. The first-order chi connectivity index (χ1) is 6.71. The van der Waals surface area contributed by atoms with E-state index in [1.54, 1.807) is 0 Å². The van der Waals surface area contributed by atoms with Crippen molar-refractivity contribution >= 4 is 0 Å². The van der Waals surface area contributed by atoms with E-state index in [1.165, 1.54) is 0 Å². The quantitative estimate of drug-likeness (QED) is 0.772. The van der Waals surface area contributed by atoms with Gasteiger partial charge in [0, 0.05) is 18.7 Å². The molecular weight excluding hydrogens is 178 g/mol. The van der Waals surface area contributed by atoms with Crippen LogP contribution in [0.1, 0.15) is 18.3 Å². The van der Waals surface area contributed by atoms with E-state index in [-0.39, 0.29) is 12.5 Å². The molecule has 0 radical (unpaired) electrons. The van der Waals surface area contributed by atoms with E-state index in [0.29, 0.717) is 6.42 Å². The molecule has 0 aromatic carbocycles. The number of aromatic nitrogens is 2. The van der Waals surface area contributed by atoms with Gasteiger partial charge in [0.25, 0.3) is 0 Å². The summed E-state index contributed by atoms with van der Waals surface area (Å²) in [4.78, 5) is 0. The predicted octanol–water partition coefficient (Wildman–Crippen LogP) is 0.886. The number of aliphatic hydroxyl groups excluding tert-OH is 1. The van der Waals surface area contributed by atoms with Crippen molar-refractivity contribution in [3.8, 4) is 6.07 Å². The maximum Gasteiger partial charge on any atom is 0.0749 e. The summed E-state index contributed by atoms with van der Waals surface area (Å²) in [6.45, 7) is 4.64. The van der Waals surface area contributed by atoms with Crippen LogP contribution >= 0.6 is 0 Å². The highest BCUT2D eigenvalue weighted by molar-refractivity contribution is 5.11. The normalized spacial score (nSPS) is 12.4. The summed E-state index contributed by atoms with van der Waals surface area (Å²) in [5.74, 6) is -0.323. The second-order valence-corrected chi connectivity index (χ2v) is 3.31. The van der Waals surface area contributed by atoms with Crippen molar-refractivity contribution in [2.45, 2.75) is 26.8 Å². The first kappa shape index (κ1) is 10.7. The molecule has 1 rings (SSSR count). The molecule has 0 aliphatic heterocycles. The minimum atomic E-state index is -0.323. The highest BCUT2D eigenvalue weighted by atomic mass is 16.3. The molecule has 4 nitrogen and oxygen atoms in total. The summed E-state index contributed by atoms with van der Waals surface area (Å²) in [5.41, 5.74) is 1.97. The van der Waals surface area contributed by atoms with E-state index in [0.717, 1.165) is 17.9 Å². The van der Waals surface area contributed by atoms with Gasteiger partial charge in [0.05, 0.1) is 24.3 Å². The van der Waals surface area contributed by atoms with E-state index in [2.05, 4.69) is 11.2 Å². The summed E-state index contributed by atoms with van der Waals surface area (Å²) in [6, 6.07) is 4.03. The Labute approximate surface area is 83.8 Å². The van der Waals surface area contributed by atoms with Crippen LogP contribution in [0.4, 0.5) is 0 Å². The number of hydrogen-bond donors (Lipinski definition) is 1. The maximum absolute atomic E-state index is 8.91. The molecule has 0 aliphatic carbocycles. The smallest absolute Gasteiger partial charge is 0.0749 e. The Bertz CT molecular complexity index is 338. The van der Waals surface area contributed by atoms with E-state index in [9.17, 15) is 0 Å². The topological polar surface area (TPSA) is 61.8 Å². The first-order valence-electron chi connectivity index (χ1n) is 4.75. The van der Waals surface area contributed by atoms with Crippen LogP contribution in [-0.2, 0) is 13.0 Å². The fraction of sp³-hybridized carbons (Fsp3) is 0.600. The molecule has 1 aromatic heterocycles. The molecule has 76 valence electrons. The van der Waals surface area contributed by atoms with Crippen molar-refractivity contribution in [1.29, 1.82) is 5.26 Å². The van der Waals surface area contributed by atoms with Gasteiger partial charge in [-0.1, -0.05) is 0 Å². The van der Waals surface area contributed by atoms with Gasteiger partial charge in [0.15, 0.2) is 0 Å². The summed E-state index contributed by atoms with van der Waals surface area (Å²) >= 11 is 0. The standard InChI is InChI=1S/C10H15N3O/c1-3-13-10(4-8(2)12-13)5-9(6-11)7-14/h4,9,14H,3,5,7H2,1-2H3. The average Bonchev–Trinajstić information content (AvgIpc) is 2.55. The number of rotatable bonds is 4. The molecule has 14 heavy (non-hydrogen) atoms. The Morgan fingerprint density at radius 1 is 1.71 bits per heavy atom. The van der Waals surface area contributed by atoms with Crippen molar-refractivity contribution < 1.29 is 5.11 Å². The summed E-state index contributed by atoms with van der Waals surface area (Å²) in [7, 11) is 0. The van der Waals surface area contributed by atoms with Crippen molar-refractivity contribution in [3.63, 3.8) is 0 Å². The highest BCUT2D eigenvalue weighted by Crippen LogP contribution is 2.10. The number of aryl methyl sites for hydroxylation is 2. The second kappa shape index (κ2) is 4.77. The lowest BCUT2D eigenvalue weighted by molar-refractivity contribution is 0.253. The highest BCUT2D eigenvalue weighted by Gasteiger charge is 2.11. The number of hydrogen-bond acceptors (Lipinski definition) is 3. The minimum Gasteiger partial charge on any atom is -0.395 e. The fourth-order valence-corrected chi connectivity index (χ4v) is 1.44. The van der Waals surface area contributed by atoms with Gasteiger partial charge in [-0.2, -0.15) is 10.4 Å². The van der Waals surface area contributed by atoms with Gasteiger partial charge in [-0.3, -0.25) is 4.68 Å². The van der Waals surface area contributed by atoms with Crippen LogP contribution in [0.3, 0.4) is 0 Å². The third kappa shape index (κ3) is 2.33. The Morgan fingerprint density at radius 3 is 2.93 bits per heavy atom. The summed E-state index contributed by atoms with van der Waals surface area (Å²) < 4.78 is 1.87. The molecule has 1 atom stereocenters. The van der Waals surface area contributed by atoms with Crippen LogP contribution in [-0.4, -0.2) is 21.5 Å². The van der Waals surface area contributed by atoms with Gasteiger partial charge < -0.3 is 5.11 Å². The zero-order chi connectivity index (χ0) is 10.6. The molecule has 0 amide bonds. The molecule has 0 aliphatic rings. The third-order valence-electron chi connectivity index (χ3n) is 2.14. The van der Waals surface area contributed by atoms with E-state index >= 15 is 0 Å². The van der Waals surface area contributed by atoms with Crippen LogP contribution in [0.15, 0.2) is 6.07 Å². The molecule has 0 saturated carbocycles. The van der Waals surface area contributed by atoms with Crippen molar-refractivity contribution in [1.82, 2.24) is 9.78 Å². The Morgan fingerprint density at radius 2 is 2.43 bits per heavy atom. The third-order valence-corrected chi connectivity index (χ3v) is 2.14. The zero-order valence-electron chi connectivity index (χ0n) is 8.56. The molecule has 1 heterocycles. The van der Waals surface area contributed by atoms with Crippen molar-refractivity contribution in [2.24, 2.45) is 5.92 Å². The Hall–Kier alpha value is -1.34. The molecule has 0 fully saturated rings. The van der Waals surface area contributed by atoms with Crippen LogP contribution in [0.25, 0.3) is 0 Å². The van der Waals surface area contributed by atoms with Gasteiger partial charge in [-0.15, -0.1) is 0 Å². The SMILES string of the molecule is CCn1nc(C)cc1CC(C#N)CO. The van der Waals surface area contributed by atoms with E-state index in [1.807, 2.05) is 24.6 Å². The molecule has 0 spiro atoms. The van der Waals surface area contributed by atoms with Crippen LogP contribution < -0.4 is 0 Å². The molecule has 0 saturated heterocycles. The Kier molecular flexibility index (Phi) is 3.66. The lowest BCUT2D eigenvalue weighted by Crippen LogP contribution is -2.11. The predicted molar refractivity (Wildman–Crippen MR) is 52.5 cm³/mol. The largest absolute Gasteiger partial charge is 0.395 e. The van der Waals surface area contributed by atoms with Crippen molar-refractivity contribution in [2.75, 3.05) is 6.61 Å². The van der Waals surface area contributed by atoms with Gasteiger partial charge in [0.1, 0.15) is 0 Å². The first-order valence-corrected chi connectivity index (χ1v) is 4.75. The molecule has 0 bridgehead atoms. The zero-order valence-corrected chi connectivity index (χ0v) is 8.56. The molecule has 4 heteroatoms. The monoisotopic (exact) mass is 193 g/mol.